The summed E-state index contributed by atoms with van der Waals surface area (Å²) in [5.74, 6) is 0.213. The highest BCUT2D eigenvalue weighted by molar-refractivity contribution is 7.89. The first-order chi connectivity index (χ1) is 13.9. The van der Waals surface area contributed by atoms with Gasteiger partial charge in [0.15, 0.2) is 5.76 Å². The van der Waals surface area contributed by atoms with Crippen LogP contribution in [0.3, 0.4) is 0 Å². The van der Waals surface area contributed by atoms with Crippen LogP contribution in [0.25, 0.3) is 0 Å². The molecule has 0 radical (unpaired) electrons. The molecule has 29 heavy (non-hydrogen) atoms. The molecule has 4 rings (SSSR count). The van der Waals surface area contributed by atoms with Crippen molar-refractivity contribution in [2.45, 2.75) is 37.5 Å². The lowest BCUT2D eigenvalue weighted by Gasteiger charge is -2.35. The number of nitrogens with zero attached hydrogens (tertiary/aromatic N) is 4. The van der Waals surface area contributed by atoms with Crippen LogP contribution in [0.15, 0.2) is 15.4 Å². The quantitative estimate of drug-likeness (QED) is 0.684. The molecule has 0 unspecified atom stereocenters. The Hall–Kier alpha value is -1.42. The molecule has 162 valence electrons. The van der Waals surface area contributed by atoms with E-state index >= 15 is 0 Å². The lowest BCUT2D eigenvalue weighted by molar-refractivity contribution is 0.0595. The summed E-state index contributed by atoms with van der Waals surface area (Å²) in [7, 11) is -3.58. The van der Waals surface area contributed by atoms with Gasteiger partial charge < -0.3 is 14.2 Å². The zero-order valence-electron chi connectivity index (χ0n) is 17.3. The minimum absolute atomic E-state index is 0.130. The van der Waals surface area contributed by atoms with Gasteiger partial charge in [0.1, 0.15) is 10.7 Å². The van der Waals surface area contributed by atoms with Gasteiger partial charge in [-0.05, 0) is 45.7 Å². The normalized spacial score (nSPS) is 22.6. The topological polar surface area (TPSA) is 77.3 Å². The van der Waals surface area contributed by atoms with Crippen molar-refractivity contribution < 1.29 is 17.6 Å². The molecular weight excluding hydrogens is 392 g/mol. The van der Waals surface area contributed by atoms with Crippen LogP contribution in [0.5, 0.6) is 0 Å². The first-order valence-electron chi connectivity index (χ1n) is 10.8. The Morgan fingerprint density at radius 2 is 1.45 bits per heavy atom. The van der Waals surface area contributed by atoms with Crippen LogP contribution in [0.1, 0.15) is 42.0 Å². The van der Waals surface area contributed by atoms with Crippen LogP contribution in [0, 0.1) is 6.92 Å². The fourth-order valence-electron chi connectivity index (χ4n) is 4.51. The van der Waals surface area contributed by atoms with Gasteiger partial charge in [-0.25, -0.2) is 8.42 Å². The van der Waals surface area contributed by atoms with Crippen molar-refractivity contribution in [3.8, 4) is 0 Å². The third-order valence-corrected chi connectivity index (χ3v) is 8.36. The highest BCUT2D eigenvalue weighted by Gasteiger charge is 2.33. The standard InChI is InChI=1S/C20H32N4O4S/c1-17-19(29(26,27)24-8-4-5-9-24)16-18(28-17)20(25)23-14-12-22(13-15-23)11-10-21-6-2-3-7-21/h16H,2-15H2,1H3. The summed E-state index contributed by atoms with van der Waals surface area (Å²) in [6.45, 7) is 10.2. The van der Waals surface area contributed by atoms with Gasteiger partial charge in [0, 0.05) is 58.4 Å². The third kappa shape index (κ3) is 4.52. The molecule has 0 spiro atoms. The third-order valence-electron chi connectivity index (χ3n) is 6.36. The summed E-state index contributed by atoms with van der Waals surface area (Å²) in [6.07, 6.45) is 4.37. The predicted molar refractivity (Wildman–Crippen MR) is 109 cm³/mol. The van der Waals surface area contributed by atoms with E-state index in [9.17, 15) is 13.2 Å². The van der Waals surface area contributed by atoms with E-state index in [1.165, 1.54) is 36.3 Å². The van der Waals surface area contributed by atoms with E-state index in [1.807, 2.05) is 0 Å². The molecule has 9 heteroatoms. The van der Waals surface area contributed by atoms with Crippen molar-refractivity contribution in [3.05, 3.63) is 17.6 Å². The smallest absolute Gasteiger partial charge is 0.289 e. The van der Waals surface area contributed by atoms with Crippen LogP contribution in [-0.2, 0) is 10.0 Å². The van der Waals surface area contributed by atoms with Crippen molar-refractivity contribution in [2.75, 3.05) is 65.4 Å². The Labute approximate surface area is 173 Å². The molecule has 1 amide bonds. The summed E-state index contributed by atoms with van der Waals surface area (Å²) in [5, 5.41) is 0. The number of carbonyl (C=O) groups is 1. The second-order valence-electron chi connectivity index (χ2n) is 8.32. The number of carbonyl (C=O) groups excluding carboxylic acids is 1. The lowest BCUT2D eigenvalue weighted by Crippen LogP contribution is -2.50. The molecule has 3 aliphatic heterocycles. The van der Waals surface area contributed by atoms with Gasteiger partial charge in [0.25, 0.3) is 5.91 Å². The molecule has 8 nitrogen and oxygen atoms in total. The van der Waals surface area contributed by atoms with Crippen LogP contribution >= 0.6 is 0 Å². The fourth-order valence-corrected chi connectivity index (χ4v) is 6.19. The Morgan fingerprint density at radius 1 is 0.897 bits per heavy atom. The van der Waals surface area contributed by atoms with Gasteiger partial charge in [-0.15, -0.1) is 0 Å². The van der Waals surface area contributed by atoms with Crippen LogP contribution in [0.4, 0.5) is 0 Å². The highest BCUT2D eigenvalue weighted by Crippen LogP contribution is 2.27. The molecule has 3 aliphatic rings. The molecule has 1 aromatic heterocycles. The first-order valence-corrected chi connectivity index (χ1v) is 12.2. The van der Waals surface area contributed by atoms with E-state index in [-0.39, 0.29) is 16.6 Å². The van der Waals surface area contributed by atoms with Crippen molar-refractivity contribution >= 4 is 15.9 Å². The van der Waals surface area contributed by atoms with Crippen LogP contribution in [-0.4, -0.2) is 98.8 Å². The van der Waals surface area contributed by atoms with E-state index in [4.69, 9.17) is 4.42 Å². The van der Waals surface area contributed by atoms with Gasteiger partial charge in [0.2, 0.25) is 10.0 Å². The molecule has 0 saturated carbocycles. The van der Waals surface area contributed by atoms with Crippen molar-refractivity contribution in [3.63, 3.8) is 0 Å². The monoisotopic (exact) mass is 424 g/mol. The lowest BCUT2D eigenvalue weighted by atomic mass is 10.3. The predicted octanol–water partition coefficient (Wildman–Crippen LogP) is 1.23. The Bertz CT molecular complexity index is 818. The van der Waals surface area contributed by atoms with Crippen LogP contribution in [0.2, 0.25) is 0 Å². The van der Waals surface area contributed by atoms with E-state index in [0.717, 1.165) is 39.0 Å². The van der Waals surface area contributed by atoms with Gasteiger partial charge in [-0.2, -0.15) is 4.31 Å². The number of likely N-dealkylation sites (tertiary alicyclic amines) is 1. The molecular formula is C20H32N4O4S. The second-order valence-corrected chi connectivity index (χ2v) is 10.2. The number of piperazine rings is 1. The maximum absolute atomic E-state index is 12.9. The Kier molecular flexibility index (Phi) is 6.29. The molecule has 0 aromatic carbocycles. The highest BCUT2D eigenvalue weighted by atomic mass is 32.2. The number of rotatable bonds is 6. The minimum atomic E-state index is -3.58. The van der Waals surface area contributed by atoms with Crippen molar-refractivity contribution in [2.24, 2.45) is 0 Å². The fraction of sp³-hybridized carbons (Fsp3) is 0.750. The number of aryl methyl sites for hydroxylation is 1. The molecule has 3 fully saturated rings. The average molecular weight is 425 g/mol. The summed E-state index contributed by atoms with van der Waals surface area (Å²) >= 11 is 0. The van der Waals surface area contributed by atoms with Gasteiger partial charge in [-0.3, -0.25) is 9.69 Å². The molecule has 0 atom stereocenters. The zero-order valence-corrected chi connectivity index (χ0v) is 18.1. The summed E-state index contributed by atoms with van der Waals surface area (Å²) in [6, 6.07) is 1.42. The summed E-state index contributed by atoms with van der Waals surface area (Å²) < 4.78 is 32.7. The number of hydrogen-bond acceptors (Lipinski definition) is 6. The van der Waals surface area contributed by atoms with E-state index in [2.05, 4.69) is 9.80 Å². The summed E-state index contributed by atoms with van der Waals surface area (Å²) in [4.78, 5) is 19.7. The number of amides is 1. The van der Waals surface area contributed by atoms with E-state index in [0.29, 0.717) is 31.9 Å². The molecule has 0 aliphatic carbocycles. The Morgan fingerprint density at radius 3 is 2.07 bits per heavy atom. The first kappa shape index (κ1) is 20.8. The second kappa shape index (κ2) is 8.75. The number of furan rings is 1. The maximum atomic E-state index is 12.9. The molecule has 4 heterocycles. The average Bonchev–Trinajstić information content (AvgIpc) is 3.47. The van der Waals surface area contributed by atoms with Crippen molar-refractivity contribution in [1.82, 2.24) is 19.0 Å². The Balaban J connectivity index is 1.34. The molecule has 0 bridgehead atoms. The van der Waals surface area contributed by atoms with E-state index in [1.54, 1.807) is 11.8 Å². The van der Waals surface area contributed by atoms with Gasteiger partial charge in [0.05, 0.1) is 0 Å². The maximum Gasteiger partial charge on any atom is 0.289 e. The number of hydrogen-bond donors (Lipinski definition) is 0. The van der Waals surface area contributed by atoms with Gasteiger partial charge >= 0.3 is 0 Å². The van der Waals surface area contributed by atoms with Gasteiger partial charge in [-0.1, -0.05) is 0 Å². The van der Waals surface area contributed by atoms with Crippen molar-refractivity contribution in [1.29, 1.82) is 0 Å². The SMILES string of the molecule is Cc1oc(C(=O)N2CCN(CCN3CCCC3)CC2)cc1S(=O)(=O)N1CCCC1. The zero-order chi connectivity index (χ0) is 20.4. The summed E-state index contributed by atoms with van der Waals surface area (Å²) in [5.41, 5.74) is 0. The molecule has 1 aromatic rings. The number of sulfonamides is 1. The van der Waals surface area contributed by atoms with E-state index < -0.39 is 10.0 Å². The van der Waals surface area contributed by atoms with Crippen LogP contribution < -0.4 is 0 Å². The minimum Gasteiger partial charge on any atom is -0.455 e. The molecule has 0 N–H and O–H groups in total. The largest absolute Gasteiger partial charge is 0.455 e. The molecule has 3 saturated heterocycles.